The van der Waals surface area contributed by atoms with E-state index in [2.05, 4.69) is 5.32 Å². The predicted octanol–water partition coefficient (Wildman–Crippen LogP) is 5.88. The summed E-state index contributed by atoms with van der Waals surface area (Å²) in [5.74, 6) is -5.41. The number of benzene rings is 3. The summed E-state index contributed by atoms with van der Waals surface area (Å²) in [5, 5.41) is 2.42. The lowest BCUT2D eigenvalue weighted by Gasteiger charge is -2.35. The quantitative estimate of drug-likeness (QED) is 0.315. The zero-order chi connectivity index (χ0) is 29.3. The number of carbonyl (C=O) groups excluding carboxylic acids is 3. The Morgan fingerprint density at radius 3 is 2.20 bits per heavy atom. The number of fused-ring (bicyclic) bond motifs is 5. The Balaban J connectivity index is 1.44. The fraction of sp³-hybridized carbons (Fsp3) is 0.207. The zero-order valence-electron chi connectivity index (χ0n) is 20.8. The fourth-order valence-corrected chi connectivity index (χ4v) is 5.99. The van der Waals surface area contributed by atoms with E-state index in [0.29, 0.717) is 16.0 Å². The number of alkyl halides is 6. The van der Waals surface area contributed by atoms with Gasteiger partial charge in [0.25, 0.3) is 0 Å². The fourth-order valence-electron chi connectivity index (χ4n) is 5.99. The number of nitrogens with zero attached hydrogens (tertiary/aromatic N) is 2. The molecule has 3 aromatic rings. The zero-order valence-corrected chi connectivity index (χ0v) is 20.8. The van der Waals surface area contributed by atoms with E-state index >= 15 is 0 Å². The Labute approximate surface area is 228 Å². The second-order valence-electron chi connectivity index (χ2n) is 9.93. The van der Waals surface area contributed by atoms with E-state index in [0.717, 1.165) is 36.4 Å². The van der Waals surface area contributed by atoms with Crippen LogP contribution in [0.1, 0.15) is 28.3 Å². The van der Waals surface area contributed by atoms with E-state index in [9.17, 15) is 40.7 Å². The number of amides is 3. The topological polar surface area (TPSA) is 69.7 Å². The van der Waals surface area contributed by atoms with Gasteiger partial charge in [0.15, 0.2) is 0 Å². The molecule has 0 aromatic heterocycles. The Hall–Kier alpha value is -4.61. The molecule has 2 saturated heterocycles. The molecule has 2 fully saturated rings. The number of imide groups is 1. The van der Waals surface area contributed by atoms with Gasteiger partial charge >= 0.3 is 12.4 Å². The molecule has 12 heteroatoms. The number of rotatable bonds is 3. The SMILES string of the molecule is O=C(Nc1cccc(C(F)(F)F)c1)[C@H]1[C@H]2C(=O)N(c3ccccc3C(F)(F)F)C(=O)[C@@H]2[C@@H]2c3ccccc3C=CN12. The van der Waals surface area contributed by atoms with Crippen molar-refractivity contribution in [2.24, 2.45) is 11.8 Å². The lowest BCUT2D eigenvalue weighted by molar-refractivity contribution is -0.138. The Morgan fingerprint density at radius 1 is 0.780 bits per heavy atom. The molecule has 210 valence electrons. The summed E-state index contributed by atoms with van der Waals surface area (Å²) in [6.07, 6.45) is -6.36. The first-order chi connectivity index (χ1) is 19.4. The smallest absolute Gasteiger partial charge is 0.357 e. The summed E-state index contributed by atoms with van der Waals surface area (Å²) in [4.78, 5) is 43.4. The molecule has 41 heavy (non-hydrogen) atoms. The number of hydrogen-bond donors (Lipinski definition) is 1. The minimum atomic E-state index is -4.87. The minimum Gasteiger partial charge on any atom is -0.357 e. The van der Waals surface area contributed by atoms with Gasteiger partial charge in [0.2, 0.25) is 17.7 Å². The van der Waals surface area contributed by atoms with Crippen LogP contribution >= 0.6 is 0 Å². The highest BCUT2D eigenvalue weighted by Gasteiger charge is 2.65. The van der Waals surface area contributed by atoms with Crippen molar-refractivity contribution in [1.29, 1.82) is 0 Å². The molecule has 0 saturated carbocycles. The van der Waals surface area contributed by atoms with Crippen LogP contribution in [0.4, 0.5) is 37.7 Å². The molecule has 6 rings (SSSR count). The number of nitrogens with one attached hydrogen (secondary N) is 1. The molecule has 4 atom stereocenters. The molecule has 0 radical (unpaired) electrons. The molecule has 0 spiro atoms. The Morgan fingerprint density at radius 2 is 1.46 bits per heavy atom. The molecule has 0 unspecified atom stereocenters. The number of para-hydroxylation sites is 1. The standard InChI is InChI=1S/C29H19F6N3O3/c30-28(31,32)16-7-5-8-17(14-16)36-25(39)24-22-21(23-18-9-2-1-6-15(18)12-13-37(23)24)26(40)38(27(22)41)20-11-4-3-10-19(20)29(33,34)35/h1-14,21-24H,(H,36,39)/t21-,22-,23-,24+/m0/s1. The first kappa shape index (κ1) is 26.6. The summed E-state index contributed by atoms with van der Waals surface area (Å²) in [7, 11) is 0. The van der Waals surface area contributed by atoms with Gasteiger partial charge in [-0.3, -0.25) is 14.4 Å². The molecule has 3 aliphatic heterocycles. The Bertz CT molecular complexity index is 1620. The van der Waals surface area contributed by atoms with Gasteiger partial charge in [-0.05, 0) is 47.5 Å². The summed E-state index contributed by atoms with van der Waals surface area (Å²) in [6.45, 7) is 0. The third-order valence-electron chi connectivity index (χ3n) is 7.64. The van der Waals surface area contributed by atoms with Crippen LogP contribution in [0.5, 0.6) is 0 Å². The highest BCUT2D eigenvalue weighted by Crippen LogP contribution is 2.54. The predicted molar refractivity (Wildman–Crippen MR) is 135 cm³/mol. The van der Waals surface area contributed by atoms with Crippen molar-refractivity contribution < 1.29 is 40.7 Å². The van der Waals surface area contributed by atoms with Crippen molar-refractivity contribution in [3.8, 4) is 0 Å². The van der Waals surface area contributed by atoms with E-state index in [1.54, 1.807) is 30.3 Å². The van der Waals surface area contributed by atoms with Crippen molar-refractivity contribution in [3.05, 3.63) is 101 Å². The van der Waals surface area contributed by atoms with Crippen LogP contribution in [0.15, 0.2) is 79.0 Å². The lowest BCUT2D eigenvalue weighted by Crippen LogP contribution is -2.46. The van der Waals surface area contributed by atoms with Crippen molar-refractivity contribution in [3.63, 3.8) is 0 Å². The highest BCUT2D eigenvalue weighted by atomic mass is 19.4. The average Bonchev–Trinajstić information content (AvgIpc) is 3.40. The van der Waals surface area contributed by atoms with Crippen LogP contribution in [0.2, 0.25) is 0 Å². The number of hydrogen-bond acceptors (Lipinski definition) is 4. The maximum absolute atomic E-state index is 13.9. The van der Waals surface area contributed by atoms with Gasteiger partial charge in [0.1, 0.15) is 6.04 Å². The van der Waals surface area contributed by atoms with Crippen LogP contribution in [0.25, 0.3) is 6.08 Å². The van der Waals surface area contributed by atoms with Crippen molar-refractivity contribution in [1.82, 2.24) is 4.90 Å². The van der Waals surface area contributed by atoms with E-state index in [1.165, 1.54) is 23.2 Å². The molecule has 3 amide bonds. The van der Waals surface area contributed by atoms with Gasteiger partial charge in [-0.15, -0.1) is 0 Å². The van der Waals surface area contributed by atoms with E-state index in [-0.39, 0.29) is 5.69 Å². The second-order valence-corrected chi connectivity index (χ2v) is 9.93. The molecule has 0 bridgehead atoms. The molecule has 0 aliphatic carbocycles. The van der Waals surface area contributed by atoms with Gasteiger partial charge in [-0.2, -0.15) is 26.3 Å². The first-order valence-electron chi connectivity index (χ1n) is 12.4. The molecular weight excluding hydrogens is 552 g/mol. The van der Waals surface area contributed by atoms with E-state index < -0.39 is 70.8 Å². The number of anilines is 2. The van der Waals surface area contributed by atoms with E-state index in [1.807, 2.05) is 0 Å². The first-order valence-corrected chi connectivity index (χ1v) is 12.4. The van der Waals surface area contributed by atoms with Crippen LogP contribution in [-0.4, -0.2) is 28.7 Å². The molecule has 3 aromatic carbocycles. The van der Waals surface area contributed by atoms with Gasteiger partial charge in [0, 0.05) is 11.9 Å². The highest BCUT2D eigenvalue weighted by molar-refractivity contribution is 6.24. The van der Waals surface area contributed by atoms with Gasteiger partial charge < -0.3 is 10.2 Å². The third kappa shape index (κ3) is 4.25. The van der Waals surface area contributed by atoms with Crippen molar-refractivity contribution in [2.45, 2.75) is 24.4 Å². The van der Waals surface area contributed by atoms with Gasteiger partial charge in [0.05, 0.1) is 34.7 Å². The second kappa shape index (κ2) is 9.22. The largest absolute Gasteiger partial charge is 0.418 e. The van der Waals surface area contributed by atoms with Gasteiger partial charge in [-0.1, -0.05) is 42.5 Å². The van der Waals surface area contributed by atoms with Crippen LogP contribution in [0, 0.1) is 11.8 Å². The minimum absolute atomic E-state index is 0.192. The number of carbonyl (C=O) groups is 3. The summed E-state index contributed by atoms with van der Waals surface area (Å²) < 4.78 is 81.4. The van der Waals surface area contributed by atoms with E-state index in [4.69, 9.17) is 0 Å². The van der Waals surface area contributed by atoms with Crippen LogP contribution < -0.4 is 10.2 Å². The maximum atomic E-state index is 13.9. The number of halogens is 6. The molecule has 3 heterocycles. The average molecular weight is 571 g/mol. The summed E-state index contributed by atoms with van der Waals surface area (Å²) in [5.41, 5.74) is -1.75. The molecular formula is C29H19F6N3O3. The summed E-state index contributed by atoms with van der Waals surface area (Å²) >= 11 is 0. The summed E-state index contributed by atoms with van der Waals surface area (Å²) in [6, 6.07) is 12.7. The molecule has 6 nitrogen and oxygen atoms in total. The van der Waals surface area contributed by atoms with Crippen molar-refractivity contribution in [2.75, 3.05) is 10.2 Å². The maximum Gasteiger partial charge on any atom is 0.418 e. The van der Waals surface area contributed by atoms with Gasteiger partial charge in [-0.25, -0.2) is 4.90 Å². The normalized spacial score (nSPS) is 23.4. The van der Waals surface area contributed by atoms with Crippen LogP contribution in [-0.2, 0) is 26.7 Å². The van der Waals surface area contributed by atoms with Crippen molar-refractivity contribution >= 4 is 35.2 Å². The molecule has 3 aliphatic rings. The molecule has 1 N–H and O–H groups in total. The third-order valence-corrected chi connectivity index (χ3v) is 7.64. The Kier molecular flexibility index (Phi) is 5.98. The van der Waals surface area contributed by atoms with Crippen LogP contribution in [0.3, 0.4) is 0 Å². The lowest BCUT2D eigenvalue weighted by atomic mass is 9.84. The monoisotopic (exact) mass is 571 g/mol.